The summed E-state index contributed by atoms with van der Waals surface area (Å²) in [6.07, 6.45) is 0. The number of sulfonamides is 1. The van der Waals surface area contributed by atoms with Gasteiger partial charge in [-0.25, -0.2) is 13.2 Å². The highest BCUT2D eigenvalue weighted by atomic mass is 32.2. The lowest BCUT2D eigenvalue weighted by Gasteiger charge is -2.16. The number of esters is 1. The smallest absolute Gasteiger partial charge is 0.340 e. The van der Waals surface area contributed by atoms with Crippen molar-refractivity contribution in [2.45, 2.75) is 38.6 Å². The number of thiophene rings is 1. The molecular weight excluding hydrogens is 460 g/mol. The van der Waals surface area contributed by atoms with E-state index in [-0.39, 0.29) is 22.2 Å². The minimum absolute atomic E-state index is 0.0163. The highest BCUT2D eigenvalue weighted by Gasteiger charge is 2.23. The molecule has 0 aliphatic carbocycles. The zero-order chi connectivity index (χ0) is 24.2. The first-order valence-corrected chi connectivity index (χ1v) is 12.6. The maximum Gasteiger partial charge on any atom is 0.340 e. The molecule has 2 aromatic carbocycles. The van der Waals surface area contributed by atoms with Crippen molar-refractivity contribution in [2.75, 3.05) is 11.3 Å². The molecule has 1 amide bonds. The fourth-order valence-corrected chi connectivity index (χ4v) is 5.91. The average Bonchev–Trinajstić information content (AvgIpc) is 3.26. The number of anilines is 1. The summed E-state index contributed by atoms with van der Waals surface area (Å²) in [7, 11) is -3.96. The summed E-state index contributed by atoms with van der Waals surface area (Å²) < 4.78 is 33.9. The highest BCUT2D eigenvalue weighted by Crippen LogP contribution is 2.26. The summed E-state index contributed by atoms with van der Waals surface area (Å²) in [5, 5.41) is 4.68. The van der Waals surface area contributed by atoms with Crippen molar-refractivity contribution in [2.24, 2.45) is 0 Å². The van der Waals surface area contributed by atoms with Crippen LogP contribution in [0.4, 0.5) is 5.69 Å². The van der Waals surface area contributed by atoms with E-state index in [9.17, 15) is 18.0 Å². The van der Waals surface area contributed by atoms with Gasteiger partial charge in [-0.2, -0.15) is 0 Å². The maximum atomic E-state index is 13.1. The van der Waals surface area contributed by atoms with Gasteiger partial charge in [0, 0.05) is 4.88 Å². The number of aryl methyl sites for hydroxylation is 3. The van der Waals surface area contributed by atoms with Gasteiger partial charge in [-0.3, -0.25) is 9.52 Å². The molecule has 0 saturated heterocycles. The summed E-state index contributed by atoms with van der Waals surface area (Å²) in [5.41, 5.74) is 2.27. The first kappa shape index (κ1) is 24.5. The van der Waals surface area contributed by atoms with Gasteiger partial charge in [0.25, 0.3) is 15.9 Å². The van der Waals surface area contributed by atoms with Crippen LogP contribution in [0.25, 0.3) is 0 Å². The molecule has 3 rings (SSSR count). The van der Waals surface area contributed by atoms with Gasteiger partial charge >= 0.3 is 5.97 Å². The first-order chi connectivity index (χ1) is 15.6. The van der Waals surface area contributed by atoms with Crippen LogP contribution in [0.5, 0.6) is 0 Å². The third kappa shape index (κ3) is 6.00. The van der Waals surface area contributed by atoms with Crippen LogP contribution in [0.2, 0.25) is 0 Å². The van der Waals surface area contributed by atoms with E-state index in [1.807, 2.05) is 31.4 Å². The van der Waals surface area contributed by atoms with Crippen LogP contribution in [0, 0.1) is 20.8 Å². The van der Waals surface area contributed by atoms with Crippen molar-refractivity contribution in [3.05, 3.63) is 81.0 Å². The molecule has 0 spiro atoms. The number of ether oxygens (including phenoxy) is 1. The Morgan fingerprint density at radius 1 is 1.03 bits per heavy atom. The number of hydrogen-bond donors (Lipinski definition) is 2. The minimum Gasteiger partial charge on any atom is -0.452 e. The van der Waals surface area contributed by atoms with E-state index in [4.69, 9.17) is 4.74 Å². The molecule has 0 saturated carbocycles. The topological polar surface area (TPSA) is 102 Å². The molecule has 1 heterocycles. The number of nitrogens with one attached hydrogen (secondary N) is 2. The van der Waals surface area contributed by atoms with E-state index >= 15 is 0 Å². The molecule has 0 bridgehead atoms. The third-order valence-electron chi connectivity index (χ3n) is 4.95. The molecule has 1 atom stereocenters. The van der Waals surface area contributed by atoms with Gasteiger partial charge in [0.1, 0.15) is 0 Å². The Morgan fingerprint density at radius 2 is 1.70 bits per heavy atom. The molecule has 0 radical (unpaired) electrons. The third-order valence-corrected chi connectivity index (χ3v) is 7.67. The van der Waals surface area contributed by atoms with Crippen LogP contribution >= 0.6 is 11.3 Å². The second-order valence-electron chi connectivity index (χ2n) is 7.76. The van der Waals surface area contributed by atoms with Crippen molar-refractivity contribution in [3.8, 4) is 0 Å². The number of carbonyl (C=O) groups is 2. The number of carbonyl (C=O) groups excluding carboxylic acids is 2. The predicted molar refractivity (Wildman–Crippen MR) is 129 cm³/mol. The fraction of sp³-hybridized carbons (Fsp3) is 0.250. The number of amides is 1. The predicted octanol–water partition coefficient (Wildman–Crippen LogP) is 4.51. The van der Waals surface area contributed by atoms with Crippen LogP contribution < -0.4 is 10.0 Å². The Morgan fingerprint density at radius 3 is 2.33 bits per heavy atom. The van der Waals surface area contributed by atoms with E-state index in [1.165, 1.54) is 23.5 Å². The standard InChI is InChI=1S/C24H26N2O5S2/c1-15-12-16(2)23(17(3)13-15)33(29,30)26-20-9-6-5-8-19(20)24(28)31-14-22(27)25-18(4)21-10-7-11-32-21/h5-13,18,26H,14H2,1-4H3,(H,25,27)/t18-/m1/s1. The Hall–Kier alpha value is -3.17. The van der Waals surface area contributed by atoms with Gasteiger partial charge in [0.05, 0.1) is 22.2 Å². The van der Waals surface area contributed by atoms with Crippen LogP contribution in [-0.2, 0) is 19.6 Å². The van der Waals surface area contributed by atoms with Gasteiger partial charge in [0.2, 0.25) is 0 Å². The SMILES string of the molecule is Cc1cc(C)c(S(=O)(=O)Nc2ccccc2C(=O)OCC(=O)N[C@H](C)c2cccs2)c(C)c1. The lowest BCUT2D eigenvalue weighted by Crippen LogP contribution is -2.31. The Balaban J connectivity index is 1.72. The second kappa shape index (κ2) is 10.2. The summed E-state index contributed by atoms with van der Waals surface area (Å²) in [6.45, 7) is 6.71. The number of benzene rings is 2. The van der Waals surface area contributed by atoms with Crippen molar-refractivity contribution >= 4 is 38.9 Å². The quantitative estimate of drug-likeness (QED) is 0.456. The van der Waals surface area contributed by atoms with Crippen LogP contribution in [0.1, 0.15) is 44.9 Å². The zero-order valence-corrected chi connectivity index (χ0v) is 20.5. The van der Waals surface area contributed by atoms with Gasteiger partial charge in [0.15, 0.2) is 6.61 Å². The normalized spacial score (nSPS) is 12.1. The molecule has 0 aliphatic heterocycles. The molecule has 0 unspecified atom stereocenters. The van der Waals surface area contributed by atoms with Gasteiger partial charge in [-0.15, -0.1) is 11.3 Å². The molecule has 0 fully saturated rings. The first-order valence-electron chi connectivity index (χ1n) is 10.3. The molecule has 2 N–H and O–H groups in total. The second-order valence-corrected chi connectivity index (χ2v) is 10.4. The van der Waals surface area contributed by atoms with Crippen LogP contribution in [-0.4, -0.2) is 26.9 Å². The average molecular weight is 487 g/mol. The Kier molecular flexibility index (Phi) is 7.55. The summed E-state index contributed by atoms with van der Waals surface area (Å²) in [6, 6.07) is 13.3. The van der Waals surface area contributed by atoms with E-state index < -0.39 is 28.5 Å². The molecule has 0 aliphatic rings. The highest BCUT2D eigenvalue weighted by molar-refractivity contribution is 7.92. The van der Waals surface area contributed by atoms with E-state index in [2.05, 4.69) is 10.0 Å². The molecule has 33 heavy (non-hydrogen) atoms. The molecule has 3 aromatic rings. The van der Waals surface area contributed by atoms with E-state index in [0.29, 0.717) is 11.1 Å². The lowest BCUT2D eigenvalue weighted by molar-refractivity contribution is -0.124. The fourth-order valence-electron chi connectivity index (χ4n) is 3.64. The largest absolute Gasteiger partial charge is 0.452 e. The van der Waals surface area contributed by atoms with Gasteiger partial charge in [-0.05, 0) is 62.4 Å². The van der Waals surface area contributed by atoms with Crippen LogP contribution in [0.15, 0.2) is 58.8 Å². The minimum atomic E-state index is -3.96. The van der Waals surface area contributed by atoms with E-state index in [0.717, 1.165) is 10.4 Å². The molecule has 7 nitrogen and oxygen atoms in total. The molecule has 174 valence electrons. The van der Waals surface area contributed by atoms with Crippen molar-refractivity contribution in [3.63, 3.8) is 0 Å². The van der Waals surface area contributed by atoms with Crippen molar-refractivity contribution < 1.29 is 22.7 Å². The monoisotopic (exact) mass is 486 g/mol. The molecule has 9 heteroatoms. The number of hydrogen-bond acceptors (Lipinski definition) is 6. The maximum absolute atomic E-state index is 13.1. The van der Waals surface area contributed by atoms with Gasteiger partial charge < -0.3 is 10.1 Å². The summed E-state index contributed by atoms with van der Waals surface area (Å²) >= 11 is 1.51. The Labute approximate surface area is 197 Å². The summed E-state index contributed by atoms with van der Waals surface area (Å²) in [5.74, 6) is -1.25. The Bertz CT molecular complexity index is 1240. The molecule has 1 aromatic heterocycles. The summed E-state index contributed by atoms with van der Waals surface area (Å²) in [4.78, 5) is 26.0. The van der Waals surface area contributed by atoms with Crippen LogP contribution in [0.3, 0.4) is 0 Å². The lowest BCUT2D eigenvalue weighted by atomic mass is 10.1. The number of rotatable bonds is 8. The van der Waals surface area contributed by atoms with Gasteiger partial charge in [-0.1, -0.05) is 35.9 Å². The number of para-hydroxylation sites is 1. The van der Waals surface area contributed by atoms with E-state index in [1.54, 1.807) is 38.1 Å². The zero-order valence-electron chi connectivity index (χ0n) is 18.8. The van der Waals surface area contributed by atoms with Crippen molar-refractivity contribution in [1.29, 1.82) is 0 Å². The van der Waals surface area contributed by atoms with Crippen molar-refractivity contribution in [1.82, 2.24) is 5.32 Å². The molecular formula is C24H26N2O5S2.